The van der Waals surface area contributed by atoms with Gasteiger partial charge in [-0.2, -0.15) is 0 Å². The number of hydrogen-bond acceptors (Lipinski definition) is 3. The number of rotatable bonds is 2. The van der Waals surface area contributed by atoms with Gasteiger partial charge in [-0.25, -0.2) is 0 Å². The van der Waals surface area contributed by atoms with Gasteiger partial charge >= 0.3 is 0 Å². The van der Waals surface area contributed by atoms with Gasteiger partial charge in [0, 0.05) is 31.9 Å². The maximum Gasteiger partial charge on any atom is 0.243 e. The van der Waals surface area contributed by atoms with Gasteiger partial charge in [-0.05, 0) is 17.2 Å². The van der Waals surface area contributed by atoms with Crippen molar-refractivity contribution < 1.29 is 14.3 Å². The van der Waals surface area contributed by atoms with Gasteiger partial charge in [-0.1, -0.05) is 42.5 Å². The highest BCUT2D eigenvalue weighted by atomic mass is 16.5. The normalized spacial score (nSPS) is 21.2. The van der Waals surface area contributed by atoms with Crippen LogP contribution in [0.4, 0.5) is 0 Å². The van der Waals surface area contributed by atoms with Crippen molar-refractivity contribution in [3.63, 3.8) is 0 Å². The summed E-state index contributed by atoms with van der Waals surface area (Å²) in [6, 6.07) is 15.2. The Balaban J connectivity index is 1.57. The van der Waals surface area contributed by atoms with E-state index in [1.54, 1.807) is 4.90 Å². The first-order valence-corrected chi connectivity index (χ1v) is 8.99. The monoisotopic (exact) mass is 350 g/mol. The summed E-state index contributed by atoms with van der Waals surface area (Å²) in [5.41, 5.74) is 3.25. The van der Waals surface area contributed by atoms with Crippen molar-refractivity contribution in [2.45, 2.75) is 38.4 Å². The van der Waals surface area contributed by atoms with Crippen LogP contribution in [0.3, 0.4) is 0 Å². The third-order valence-corrected chi connectivity index (χ3v) is 5.23. The Morgan fingerprint density at radius 1 is 1.08 bits per heavy atom. The molecule has 2 aliphatic heterocycles. The fourth-order valence-corrected chi connectivity index (χ4v) is 3.85. The molecule has 0 saturated carbocycles. The highest BCUT2D eigenvalue weighted by Gasteiger charge is 2.34. The lowest BCUT2D eigenvalue weighted by Crippen LogP contribution is -2.52. The van der Waals surface area contributed by atoms with Crippen molar-refractivity contribution in [3.8, 4) is 5.75 Å². The predicted molar refractivity (Wildman–Crippen MR) is 97.6 cm³/mol. The molecule has 0 saturated heterocycles. The largest absolute Gasteiger partial charge is 0.493 e. The Bertz CT molecular complexity index is 849. The van der Waals surface area contributed by atoms with Gasteiger partial charge < -0.3 is 15.0 Å². The van der Waals surface area contributed by atoms with Crippen LogP contribution >= 0.6 is 0 Å². The zero-order valence-corrected chi connectivity index (χ0v) is 14.8. The molecule has 0 fully saturated rings. The molecule has 4 rings (SSSR count). The Labute approximate surface area is 153 Å². The maximum absolute atomic E-state index is 13.1. The lowest BCUT2D eigenvalue weighted by atomic mass is 9.92. The van der Waals surface area contributed by atoms with Gasteiger partial charge in [0.25, 0.3) is 0 Å². The number of carbonyl (C=O) groups excluding carboxylic acids is 2. The summed E-state index contributed by atoms with van der Waals surface area (Å²) in [6.45, 7) is 2.58. The van der Waals surface area contributed by atoms with E-state index in [0.717, 1.165) is 28.9 Å². The van der Waals surface area contributed by atoms with E-state index >= 15 is 0 Å². The topological polar surface area (TPSA) is 58.6 Å². The first-order chi connectivity index (χ1) is 12.6. The van der Waals surface area contributed by atoms with Crippen LogP contribution in [-0.4, -0.2) is 29.4 Å². The smallest absolute Gasteiger partial charge is 0.243 e. The zero-order chi connectivity index (χ0) is 18.1. The Morgan fingerprint density at radius 2 is 1.81 bits per heavy atom. The van der Waals surface area contributed by atoms with E-state index in [1.165, 1.54) is 6.92 Å². The first-order valence-electron chi connectivity index (χ1n) is 8.99. The number of para-hydroxylation sites is 1. The summed E-state index contributed by atoms with van der Waals surface area (Å²) in [5, 5.41) is 3.15. The Hall–Kier alpha value is -2.82. The van der Waals surface area contributed by atoms with Crippen molar-refractivity contribution in [3.05, 3.63) is 65.2 Å². The summed E-state index contributed by atoms with van der Waals surface area (Å²) in [4.78, 5) is 26.9. The molecule has 26 heavy (non-hydrogen) atoms. The third kappa shape index (κ3) is 3.05. The molecule has 1 N–H and O–H groups in total. The summed E-state index contributed by atoms with van der Waals surface area (Å²) in [6.07, 6.45) is 1.28. The van der Waals surface area contributed by atoms with E-state index < -0.39 is 6.04 Å². The van der Waals surface area contributed by atoms with E-state index in [0.29, 0.717) is 19.6 Å². The molecule has 2 aliphatic rings. The molecule has 2 amide bonds. The van der Waals surface area contributed by atoms with Gasteiger partial charge in [0.15, 0.2) is 0 Å². The molecular formula is C21H22N2O3. The second-order valence-corrected chi connectivity index (χ2v) is 6.87. The molecular weight excluding hydrogens is 328 g/mol. The highest BCUT2D eigenvalue weighted by molar-refractivity contribution is 5.88. The molecule has 0 radical (unpaired) electrons. The molecule has 2 aromatic carbocycles. The second kappa shape index (κ2) is 6.83. The van der Waals surface area contributed by atoms with Gasteiger partial charge in [-0.15, -0.1) is 0 Å². The highest BCUT2D eigenvalue weighted by Crippen LogP contribution is 2.32. The van der Waals surface area contributed by atoms with Gasteiger partial charge in [0.2, 0.25) is 11.8 Å². The number of amides is 2. The minimum Gasteiger partial charge on any atom is -0.493 e. The molecule has 0 aromatic heterocycles. The van der Waals surface area contributed by atoms with E-state index in [2.05, 4.69) is 5.32 Å². The molecule has 5 nitrogen and oxygen atoms in total. The Kier molecular flexibility index (Phi) is 4.37. The van der Waals surface area contributed by atoms with Crippen molar-refractivity contribution in [2.24, 2.45) is 0 Å². The minimum atomic E-state index is -0.475. The molecule has 2 atom stereocenters. The van der Waals surface area contributed by atoms with Crippen LogP contribution in [0.5, 0.6) is 5.75 Å². The molecule has 0 aliphatic carbocycles. The summed E-state index contributed by atoms with van der Waals surface area (Å²) >= 11 is 0. The second-order valence-electron chi connectivity index (χ2n) is 6.87. The molecule has 0 bridgehead atoms. The fraction of sp³-hybridized carbons (Fsp3) is 0.333. The van der Waals surface area contributed by atoms with Crippen LogP contribution in [0, 0.1) is 0 Å². The van der Waals surface area contributed by atoms with Crippen molar-refractivity contribution in [1.29, 1.82) is 0 Å². The lowest BCUT2D eigenvalue weighted by Gasteiger charge is -2.36. The van der Waals surface area contributed by atoms with Crippen LogP contribution in [0.15, 0.2) is 48.5 Å². The molecule has 2 aromatic rings. The number of carbonyl (C=O) groups is 2. The molecule has 134 valence electrons. The van der Waals surface area contributed by atoms with Crippen LogP contribution in [0.2, 0.25) is 0 Å². The standard InChI is InChI=1S/C21H22N2O3/c1-14(24)23-13-16-7-3-2-6-15(16)12-19(23)21(25)22-18-10-11-26-20-9-5-4-8-17(18)20/h2-9,18-19H,10-13H2,1H3,(H,22,25)/t18-,19+/m0/s1. The molecule has 0 unspecified atom stereocenters. The molecule has 5 heteroatoms. The lowest BCUT2D eigenvalue weighted by molar-refractivity contribution is -0.140. The van der Waals surface area contributed by atoms with E-state index in [-0.39, 0.29) is 17.9 Å². The number of fused-ring (bicyclic) bond motifs is 2. The number of nitrogens with one attached hydrogen (secondary N) is 1. The van der Waals surface area contributed by atoms with Crippen molar-refractivity contribution >= 4 is 11.8 Å². The summed E-state index contributed by atoms with van der Waals surface area (Å²) < 4.78 is 5.67. The summed E-state index contributed by atoms with van der Waals surface area (Å²) in [5.74, 6) is 0.643. The van der Waals surface area contributed by atoms with E-state index in [4.69, 9.17) is 4.74 Å². The zero-order valence-electron chi connectivity index (χ0n) is 14.8. The van der Waals surface area contributed by atoms with Crippen LogP contribution < -0.4 is 10.1 Å². The van der Waals surface area contributed by atoms with Crippen molar-refractivity contribution in [1.82, 2.24) is 10.2 Å². The van der Waals surface area contributed by atoms with Crippen LogP contribution in [-0.2, 0) is 22.6 Å². The third-order valence-electron chi connectivity index (χ3n) is 5.23. The Morgan fingerprint density at radius 3 is 2.62 bits per heavy atom. The van der Waals surface area contributed by atoms with Gasteiger partial charge in [-0.3, -0.25) is 9.59 Å². The number of hydrogen-bond donors (Lipinski definition) is 1. The summed E-state index contributed by atoms with van der Waals surface area (Å²) in [7, 11) is 0. The predicted octanol–water partition coefficient (Wildman–Crippen LogP) is 2.60. The van der Waals surface area contributed by atoms with E-state index in [9.17, 15) is 9.59 Å². The average molecular weight is 350 g/mol. The minimum absolute atomic E-state index is 0.0768. The fourth-order valence-electron chi connectivity index (χ4n) is 3.85. The van der Waals surface area contributed by atoms with Crippen LogP contribution in [0.1, 0.15) is 36.1 Å². The molecule has 0 spiro atoms. The van der Waals surface area contributed by atoms with Gasteiger partial charge in [0.1, 0.15) is 11.8 Å². The average Bonchev–Trinajstić information content (AvgIpc) is 2.67. The van der Waals surface area contributed by atoms with Gasteiger partial charge in [0.05, 0.1) is 12.6 Å². The number of nitrogens with zero attached hydrogens (tertiary/aromatic N) is 1. The number of ether oxygens (including phenoxy) is 1. The van der Waals surface area contributed by atoms with Crippen molar-refractivity contribution in [2.75, 3.05) is 6.61 Å². The number of benzene rings is 2. The first kappa shape index (κ1) is 16.6. The maximum atomic E-state index is 13.1. The van der Waals surface area contributed by atoms with E-state index in [1.807, 2.05) is 48.5 Å². The SMILES string of the molecule is CC(=O)N1Cc2ccccc2C[C@@H]1C(=O)N[C@H]1CCOc2ccccc21. The molecule has 2 heterocycles. The van der Waals surface area contributed by atoms with Crippen LogP contribution in [0.25, 0.3) is 0 Å². The quantitative estimate of drug-likeness (QED) is 0.906.